The third-order valence-electron chi connectivity index (χ3n) is 4.19. The quantitative estimate of drug-likeness (QED) is 0.330. The van der Waals surface area contributed by atoms with Gasteiger partial charge in [-0.2, -0.15) is 0 Å². The normalized spacial score (nSPS) is 12.0. The Labute approximate surface area is 117 Å². The molecule has 0 bridgehead atoms. The molecule has 1 aliphatic carbocycles. The summed E-state index contributed by atoms with van der Waals surface area (Å²) in [6.45, 7) is 0. The van der Waals surface area contributed by atoms with Gasteiger partial charge in [-0.25, -0.2) is 0 Å². The summed E-state index contributed by atoms with van der Waals surface area (Å²) in [5.41, 5.74) is 5.31. The molecule has 0 N–H and O–H groups in total. The Kier molecular flexibility index (Phi) is 1.78. The second-order valence-corrected chi connectivity index (χ2v) is 5.23. The molecule has 5 rings (SSSR count). The first-order chi connectivity index (χ1) is 9.93. The van der Waals surface area contributed by atoms with Crippen molar-refractivity contribution in [2.45, 2.75) is 0 Å². The first kappa shape index (κ1) is 10.2. The Morgan fingerprint density at radius 3 is 2.45 bits per heavy atom. The van der Waals surface area contributed by atoms with Crippen molar-refractivity contribution in [1.29, 1.82) is 0 Å². The molecule has 0 saturated carbocycles. The van der Waals surface area contributed by atoms with E-state index in [1.165, 1.54) is 38.4 Å². The number of hydrogen-bond donors (Lipinski definition) is 0. The maximum atomic E-state index is 3.51. The average Bonchev–Trinajstić information content (AvgIpc) is 2.85. The minimum absolute atomic E-state index is 1.09. The van der Waals surface area contributed by atoms with E-state index in [1.54, 1.807) is 0 Å². The zero-order valence-corrected chi connectivity index (χ0v) is 10.8. The van der Waals surface area contributed by atoms with Crippen LogP contribution in [-0.4, -0.2) is 0 Å². The zero-order chi connectivity index (χ0) is 13.1. The van der Waals surface area contributed by atoms with Gasteiger partial charge in [0.1, 0.15) is 0 Å². The number of hydrogen-bond acceptors (Lipinski definition) is 0. The van der Waals surface area contributed by atoms with E-state index in [4.69, 9.17) is 0 Å². The molecule has 0 fully saturated rings. The van der Waals surface area contributed by atoms with Gasteiger partial charge >= 0.3 is 0 Å². The Balaban J connectivity index is 2.15. The van der Waals surface area contributed by atoms with Crippen LogP contribution in [0.3, 0.4) is 0 Å². The second kappa shape index (κ2) is 3.49. The van der Waals surface area contributed by atoms with Gasteiger partial charge in [-0.05, 0) is 55.9 Å². The molecule has 2 radical (unpaired) electrons. The summed E-state index contributed by atoms with van der Waals surface area (Å²) in [6.07, 6.45) is 0. The smallest absolute Gasteiger partial charge is 0.000718 e. The highest BCUT2D eigenvalue weighted by Gasteiger charge is 2.22. The monoisotopic (exact) mass is 250 g/mol. The van der Waals surface area contributed by atoms with Gasteiger partial charge in [0, 0.05) is 0 Å². The summed E-state index contributed by atoms with van der Waals surface area (Å²) in [4.78, 5) is 0. The molecule has 1 aliphatic rings. The van der Waals surface area contributed by atoms with Gasteiger partial charge in [-0.15, -0.1) is 0 Å². The maximum Gasteiger partial charge on any atom is -0.000718 e. The number of fused-ring (bicyclic) bond motifs is 5. The van der Waals surface area contributed by atoms with Crippen LogP contribution in [0.25, 0.3) is 43.8 Å². The van der Waals surface area contributed by atoms with Crippen LogP contribution < -0.4 is 0 Å². The fourth-order valence-corrected chi connectivity index (χ4v) is 3.38. The molecule has 0 atom stereocenters. The van der Waals surface area contributed by atoms with Crippen molar-refractivity contribution in [2.24, 2.45) is 0 Å². The molecular weight excluding hydrogens is 240 g/mol. The van der Waals surface area contributed by atoms with Crippen molar-refractivity contribution in [3.63, 3.8) is 0 Å². The molecule has 0 spiro atoms. The highest BCUT2D eigenvalue weighted by Crippen LogP contribution is 2.49. The predicted molar refractivity (Wildman–Crippen MR) is 83.6 cm³/mol. The molecule has 20 heavy (non-hydrogen) atoms. The van der Waals surface area contributed by atoms with Gasteiger partial charge in [0.2, 0.25) is 0 Å². The minimum atomic E-state index is 1.09. The van der Waals surface area contributed by atoms with Gasteiger partial charge in [-0.1, -0.05) is 60.7 Å². The van der Waals surface area contributed by atoms with Gasteiger partial charge in [0.05, 0.1) is 0 Å². The minimum Gasteiger partial charge on any atom is -0.0616 e. The van der Waals surface area contributed by atoms with Gasteiger partial charge in [0.25, 0.3) is 0 Å². The van der Waals surface area contributed by atoms with Gasteiger partial charge in [-0.3, -0.25) is 0 Å². The molecule has 4 aromatic carbocycles. The van der Waals surface area contributed by atoms with E-state index in [0.29, 0.717) is 0 Å². The molecule has 0 nitrogen and oxygen atoms in total. The van der Waals surface area contributed by atoms with Gasteiger partial charge in [0.15, 0.2) is 0 Å². The van der Waals surface area contributed by atoms with Crippen molar-refractivity contribution >= 4 is 21.5 Å². The van der Waals surface area contributed by atoms with Crippen LogP contribution in [-0.2, 0) is 0 Å². The van der Waals surface area contributed by atoms with E-state index in [0.717, 1.165) is 5.39 Å². The van der Waals surface area contributed by atoms with Crippen molar-refractivity contribution in [3.05, 3.63) is 72.8 Å². The molecule has 4 aromatic rings. The van der Waals surface area contributed by atoms with Crippen molar-refractivity contribution in [3.8, 4) is 22.3 Å². The van der Waals surface area contributed by atoms with Gasteiger partial charge < -0.3 is 0 Å². The maximum absolute atomic E-state index is 3.51. The van der Waals surface area contributed by atoms with Crippen molar-refractivity contribution in [1.82, 2.24) is 0 Å². The lowest BCUT2D eigenvalue weighted by molar-refractivity contribution is 1.70. The summed E-state index contributed by atoms with van der Waals surface area (Å²) >= 11 is 0. The molecule has 90 valence electrons. The predicted octanol–water partition coefficient (Wildman–Crippen LogP) is 5.24. The summed E-state index contributed by atoms with van der Waals surface area (Å²) in [7, 11) is 0. The lowest BCUT2D eigenvalue weighted by Crippen LogP contribution is -1.81. The Hall–Kier alpha value is -2.60. The zero-order valence-electron chi connectivity index (χ0n) is 10.8. The Morgan fingerprint density at radius 1 is 0.700 bits per heavy atom. The third-order valence-corrected chi connectivity index (χ3v) is 4.19. The molecule has 0 aromatic heterocycles. The van der Waals surface area contributed by atoms with Crippen LogP contribution in [0.5, 0.6) is 0 Å². The summed E-state index contributed by atoms with van der Waals surface area (Å²) in [6, 6.07) is 28.2. The van der Waals surface area contributed by atoms with Crippen LogP contribution in [0, 0.1) is 12.1 Å². The van der Waals surface area contributed by atoms with E-state index in [1.807, 2.05) is 6.07 Å². The number of benzene rings is 4. The highest BCUT2D eigenvalue weighted by atomic mass is 14.2. The van der Waals surface area contributed by atoms with Crippen LogP contribution >= 0.6 is 0 Å². The van der Waals surface area contributed by atoms with Crippen LogP contribution in [0.1, 0.15) is 0 Å². The van der Waals surface area contributed by atoms with Crippen molar-refractivity contribution in [2.75, 3.05) is 0 Å². The molecule has 0 heterocycles. The average molecular weight is 250 g/mol. The largest absolute Gasteiger partial charge is 0.0616 e. The first-order valence-corrected chi connectivity index (χ1v) is 6.82. The fraction of sp³-hybridized carbons (Fsp3) is 0. The van der Waals surface area contributed by atoms with E-state index < -0.39 is 0 Å². The van der Waals surface area contributed by atoms with E-state index in [2.05, 4.69) is 66.7 Å². The highest BCUT2D eigenvalue weighted by molar-refractivity contribution is 6.23. The van der Waals surface area contributed by atoms with E-state index in [-0.39, 0.29) is 0 Å². The lowest BCUT2D eigenvalue weighted by atomic mass is 9.96. The fourth-order valence-electron chi connectivity index (χ4n) is 3.38. The molecule has 0 saturated heterocycles. The Bertz CT molecular complexity index is 993. The standard InChI is InChI=1S/C20H10/c1-2-8-15-13(6-1)12-14-7-5-11-17-16-9-3-4-10-18(16)20(15)19(14)17/h1-6,8-11H. The molecule has 0 aliphatic heterocycles. The summed E-state index contributed by atoms with van der Waals surface area (Å²) in [5, 5.41) is 4.84. The topological polar surface area (TPSA) is 0 Å². The Morgan fingerprint density at radius 2 is 1.50 bits per heavy atom. The van der Waals surface area contributed by atoms with E-state index in [9.17, 15) is 0 Å². The van der Waals surface area contributed by atoms with Crippen LogP contribution in [0.4, 0.5) is 0 Å². The molecule has 0 unspecified atom stereocenters. The molecule has 0 heteroatoms. The van der Waals surface area contributed by atoms with Crippen LogP contribution in [0.2, 0.25) is 0 Å². The molecule has 0 amide bonds. The first-order valence-electron chi connectivity index (χ1n) is 6.82. The third kappa shape index (κ3) is 1.12. The second-order valence-electron chi connectivity index (χ2n) is 5.23. The van der Waals surface area contributed by atoms with E-state index >= 15 is 0 Å². The number of rotatable bonds is 0. The molecular formula is C20H10. The SMILES string of the molecule is [c]1ccc2c3c(c4ccccc4[c]c13)-c1ccccc1-2. The lowest BCUT2D eigenvalue weighted by Gasteiger charge is -2.07. The van der Waals surface area contributed by atoms with Crippen molar-refractivity contribution < 1.29 is 0 Å². The summed E-state index contributed by atoms with van der Waals surface area (Å²) < 4.78 is 0. The van der Waals surface area contributed by atoms with Crippen LogP contribution in [0.15, 0.2) is 60.7 Å². The summed E-state index contributed by atoms with van der Waals surface area (Å²) in [5.74, 6) is 0.